The second-order valence-corrected chi connectivity index (χ2v) is 7.92. The molecule has 1 N–H and O–H groups in total. The summed E-state index contributed by atoms with van der Waals surface area (Å²) in [6.07, 6.45) is 3.08. The van der Waals surface area contributed by atoms with Crippen LogP contribution >= 0.6 is 0 Å². The molecule has 1 unspecified atom stereocenters. The third-order valence-corrected chi connectivity index (χ3v) is 5.45. The minimum absolute atomic E-state index is 0.0304. The van der Waals surface area contributed by atoms with Gasteiger partial charge in [0.25, 0.3) is 0 Å². The predicted molar refractivity (Wildman–Crippen MR) is 104 cm³/mol. The lowest BCUT2D eigenvalue weighted by molar-refractivity contribution is -0.123. The molecule has 0 aromatic heterocycles. The van der Waals surface area contributed by atoms with Crippen LogP contribution in [0.25, 0.3) is 6.08 Å². The number of nitrogens with one attached hydrogen (secondary N) is 1. The maximum Gasteiger partial charge on any atom is 0.233 e. The predicted octanol–water partition coefficient (Wildman–Crippen LogP) is 3.02. The second kappa shape index (κ2) is 8.29. The normalized spacial score (nSPS) is 18.4. The van der Waals surface area contributed by atoms with Gasteiger partial charge in [0, 0.05) is 24.2 Å². The average Bonchev–Trinajstić information content (AvgIpc) is 2.67. The topological polar surface area (TPSA) is 66.5 Å². The monoisotopic (exact) mass is 370 g/mol. The van der Waals surface area contributed by atoms with Crippen molar-refractivity contribution >= 4 is 27.7 Å². The number of sulfonamides is 1. The first-order valence-electron chi connectivity index (χ1n) is 8.64. The van der Waals surface area contributed by atoms with E-state index in [2.05, 4.69) is 4.72 Å². The van der Waals surface area contributed by atoms with E-state index in [0.29, 0.717) is 13.0 Å². The first kappa shape index (κ1) is 18.4. The van der Waals surface area contributed by atoms with Gasteiger partial charge in [-0.3, -0.25) is 4.79 Å². The number of benzene rings is 2. The molecule has 1 saturated heterocycles. The molecule has 0 radical (unpaired) electrons. The smallest absolute Gasteiger partial charge is 0.233 e. The van der Waals surface area contributed by atoms with Crippen LogP contribution in [0.1, 0.15) is 18.4 Å². The number of hydrogen-bond acceptors (Lipinski definition) is 3. The Kier molecular flexibility index (Phi) is 5.85. The van der Waals surface area contributed by atoms with E-state index in [1.54, 1.807) is 11.0 Å². The van der Waals surface area contributed by atoms with E-state index in [1.165, 1.54) is 0 Å². The molecule has 6 heteroatoms. The second-order valence-electron chi connectivity index (χ2n) is 6.27. The Balaban J connectivity index is 1.61. The van der Waals surface area contributed by atoms with E-state index in [0.717, 1.165) is 23.1 Å². The van der Waals surface area contributed by atoms with E-state index in [-0.39, 0.29) is 18.4 Å². The number of para-hydroxylation sites is 1. The zero-order valence-corrected chi connectivity index (χ0v) is 15.2. The number of carbonyl (C=O) groups excluding carboxylic acids is 1. The van der Waals surface area contributed by atoms with E-state index in [4.69, 9.17) is 0 Å². The van der Waals surface area contributed by atoms with E-state index < -0.39 is 10.0 Å². The molecule has 0 aliphatic carbocycles. The molecule has 1 aliphatic rings. The number of carbonyl (C=O) groups is 1. The van der Waals surface area contributed by atoms with Crippen LogP contribution in [0.2, 0.25) is 0 Å². The average molecular weight is 370 g/mol. The number of amides is 1. The van der Waals surface area contributed by atoms with Gasteiger partial charge in [0.05, 0.1) is 5.92 Å². The molecule has 1 aliphatic heterocycles. The minimum Gasteiger partial charge on any atom is -0.312 e. The van der Waals surface area contributed by atoms with Gasteiger partial charge in [-0.1, -0.05) is 48.5 Å². The zero-order chi connectivity index (χ0) is 18.4. The van der Waals surface area contributed by atoms with Gasteiger partial charge in [-0.05, 0) is 36.6 Å². The van der Waals surface area contributed by atoms with Crippen LogP contribution < -0.4 is 9.62 Å². The lowest BCUT2D eigenvalue weighted by Gasteiger charge is -2.32. The Morgan fingerprint density at radius 1 is 1.04 bits per heavy atom. The third-order valence-electron chi connectivity index (χ3n) is 4.39. The molecule has 2 aromatic carbocycles. The minimum atomic E-state index is -3.59. The van der Waals surface area contributed by atoms with Gasteiger partial charge in [-0.15, -0.1) is 0 Å². The summed E-state index contributed by atoms with van der Waals surface area (Å²) in [7, 11) is -3.59. The van der Waals surface area contributed by atoms with Gasteiger partial charge in [-0.25, -0.2) is 13.1 Å². The molecule has 26 heavy (non-hydrogen) atoms. The number of piperidine rings is 1. The van der Waals surface area contributed by atoms with Gasteiger partial charge in [0.15, 0.2) is 0 Å². The summed E-state index contributed by atoms with van der Waals surface area (Å²) in [5.41, 5.74) is 1.66. The molecule has 0 bridgehead atoms. The fraction of sp³-hybridized carbons (Fsp3) is 0.250. The maximum atomic E-state index is 12.7. The van der Waals surface area contributed by atoms with Gasteiger partial charge in [0.1, 0.15) is 0 Å². The van der Waals surface area contributed by atoms with Crippen molar-refractivity contribution in [3.8, 4) is 0 Å². The SMILES string of the molecule is O=C1C(CNS(=O)(=O)C=Cc2ccccc2)CCCN1c1ccccc1. The van der Waals surface area contributed by atoms with Crippen molar-refractivity contribution in [1.29, 1.82) is 0 Å². The van der Waals surface area contributed by atoms with Crippen molar-refractivity contribution in [2.24, 2.45) is 5.92 Å². The molecular weight excluding hydrogens is 348 g/mol. The highest BCUT2D eigenvalue weighted by atomic mass is 32.2. The van der Waals surface area contributed by atoms with Crippen molar-refractivity contribution in [3.63, 3.8) is 0 Å². The quantitative estimate of drug-likeness (QED) is 0.850. The summed E-state index contributed by atoms with van der Waals surface area (Å²) in [4.78, 5) is 14.4. The van der Waals surface area contributed by atoms with Crippen molar-refractivity contribution in [2.45, 2.75) is 12.8 Å². The van der Waals surface area contributed by atoms with Crippen molar-refractivity contribution in [1.82, 2.24) is 4.72 Å². The highest BCUT2D eigenvalue weighted by Crippen LogP contribution is 2.24. The van der Waals surface area contributed by atoms with Gasteiger partial charge in [-0.2, -0.15) is 0 Å². The fourth-order valence-corrected chi connectivity index (χ4v) is 3.87. The largest absolute Gasteiger partial charge is 0.312 e. The molecule has 3 rings (SSSR count). The van der Waals surface area contributed by atoms with Gasteiger partial charge >= 0.3 is 0 Å². The lowest BCUT2D eigenvalue weighted by atomic mass is 9.97. The molecule has 0 saturated carbocycles. The van der Waals surface area contributed by atoms with Crippen LogP contribution in [-0.2, 0) is 14.8 Å². The standard InChI is InChI=1S/C20H22N2O3S/c23-20-18(10-7-14-22(20)19-11-5-2-6-12-19)16-21-26(24,25)15-13-17-8-3-1-4-9-17/h1-6,8-9,11-13,15,18,21H,7,10,14,16H2. The molecule has 1 atom stereocenters. The van der Waals surface area contributed by atoms with Gasteiger partial charge < -0.3 is 4.90 Å². The highest BCUT2D eigenvalue weighted by molar-refractivity contribution is 7.92. The summed E-state index contributed by atoms with van der Waals surface area (Å²) in [5, 5.41) is 1.14. The number of nitrogens with zero attached hydrogens (tertiary/aromatic N) is 1. The highest BCUT2D eigenvalue weighted by Gasteiger charge is 2.30. The van der Waals surface area contributed by atoms with Crippen LogP contribution in [0.4, 0.5) is 5.69 Å². The molecule has 5 nitrogen and oxygen atoms in total. The molecule has 1 amide bonds. The van der Waals surface area contributed by atoms with Crippen LogP contribution in [-0.4, -0.2) is 27.4 Å². The van der Waals surface area contributed by atoms with Crippen molar-refractivity contribution in [2.75, 3.05) is 18.0 Å². The van der Waals surface area contributed by atoms with Gasteiger partial charge in [0.2, 0.25) is 15.9 Å². The first-order chi connectivity index (χ1) is 12.6. The molecule has 0 spiro atoms. The van der Waals surface area contributed by atoms with E-state index in [9.17, 15) is 13.2 Å². The summed E-state index contributed by atoms with van der Waals surface area (Å²) in [6.45, 7) is 0.781. The molecule has 136 valence electrons. The Hall–Kier alpha value is -2.44. The summed E-state index contributed by atoms with van der Waals surface area (Å²) in [6, 6.07) is 18.7. The lowest BCUT2D eigenvalue weighted by Crippen LogP contribution is -2.45. The van der Waals surface area contributed by atoms with Crippen LogP contribution in [0, 0.1) is 5.92 Å². The van der Waals surface area contributed by atoms with Crippen LogP contribution in [0.15, 0.2) is 66.1 Å². The van der Waals surface area contributed by atoms with Crippen molar-refractivity contribution < 1.29 is 13.2 Å². The molecule has 1 heterocycles. The zero-order valence-electron chi connectivity index (χ0n) is 14.4. The summed E-state index contributed by atoms with van der Waals surface area (Å²) < 4.78 is 26.9. The number of hydrogen-bond donors (Lipinski definition) is 1. The summed E-state index contributed by atoms with van der Waals surface area (Å²) in [5.74, 6) is -0.374. The van der Waals surface area contributed by atoms with E-state index >= 15 is 0 Å². The Morgan fingerprint density at radius 3 is 2.38 bits per heavy atom. The molecule has 2 aromatic rings. The molecular formula is C20H22N2O3S. The Bertz CT molecular complexity index is 864. The maximum absolute atomic E-state index is 12.7. The Labute approximate surface area is 154 Å². The molecule has 1 fully saturated rings. The van der Waals surface area contributed by atoms with E-state index in [1.807, 2.05) is 60.7 Å². The number of rotatable bonds is 6. The van der Waals surface area contributed by atoms with Crippen LogP contribution in [0.3, 0.4) is 0 Å². The summed E-state index contributed by atoms with van der Waals surface area (Å²) >= 11 is 0. The third kappa shape index (κ3) is 4.80. The van der Waals surface area contributed by atoms with Crippen LogP contribution in [0.5, 0.6) is 0 Å². The number of anilines is 1. The fourth-order valence-electron chi connectivity index (χ4n) is 3.00. The first-order valence-corrected chi connectivity index (χ1v) is 10.2. The Morgan fingerprint density at radius 2 is 1.69 bits per heavy atom. The van der Waals surface area contributed by atoms with Crippen molar-refractivity contribution in [3.05, 3.63) is 71.6 Å².